The zero-order valence-electron chi connectivity index (χ0n) is 19.1. The average molecular weight is 480 g/mol. The van der Waals surface area contributed by atoms with E-state index in [0.717, 1.165) is 0 Å². The Labute approximate surface area is 192 Å². The molecule has 9 heteroatoms. The molecule has 1 aliphatic rings. The van der Waals surface area contributed by atoms with Crippen LogP contribution in [0.25, 0.3) is 22.0 Å². The molecule has 0 saturated heterocycles. The highest BCUT2D eigenvalue weighted by Gasteiger charge is 2.35. The van der Waals surface area contributed by atoms with Gasteiger partial charge in [0.1, 0.15) is 11.5 Å². The van der Waals surface area contributed by atoms with Gasteiger partial charge >= 0.3 is 0 Å². The van der Waals surface area contributed by atoms with Gasteiger partial charge in [-0.15, -0.1) is 0 Å². The molecule has 0 bridgehead atoms. The van der Waals surface area contributed by atoms with Crippen molar-refractivity contribution < 1.29 is 21.6 Å². The molecule has 0 amide bonds. The number of alkyl halides is 2. The van der Waals surface area contributed by atoms with Gasteiger partial charge in [-0.1, -0.05) is 20.8 Å². The fraction of sp³-hybridized carbons (Fsp3) is 0.458. The fourth-order valence-corrected chi connectivity index (χ4v) is 5.48. The van der Waals surface area contributed by atoms with Crippen molar-refractivity contribution in [3.8, 4) is 11.1 Å². The van der Waals surface area contributed by atoms with Crippen molar-refractivity contribution in [1.29, 1.82) is 0 Å². The summed E-state index contributed by atoms with van der Waals surface area (Å²) in [6.45, 7) is 8.44. The summed E-state index contributed by atoms with van der Waals surface area (Å²) in [6.07, 6.45) is 1.57. The number of hydrogen-bond donors (Lipinski definition) is 1. The molecule has 1 aromatic carbocycles. The van der Waals surface area contributed by atoms with Gasteiger partial charge in [0.25, 0.3) is 6.43 Å². The first-order chi connectivity index (χ1) is 15.4. The van der Waals surface area contributed by atoms with Crippen LogP contribution in [-0.4, -0.2) is 23.2 Å². The first kappa shape index (κ1) is 23.8. The van der Waals surface area contributed by atoms with E-state index in [9.17, 15) is 17.2 Å². The molecular weight excluding hydrogens is 451 g/mol. The maximum atomic E-state index is 15.3. The molecule has 0 aliphatic heterocycles. The van der Waals surface area contributed by atoms with E-state index in [0.29, 0.717) is 41.4 Å². The van der Waals surface area contributed by atoms with Gasteiger partial charge in [0.05, 0.1) is 5.25 Å². The molecule has 0 radical (unpaired) electrons. The summed E-state index contributed by atoms with van der Waals surface area (Å²) in [5, 5.41) is 0.198. The van der Waals surface area contributed by atoms with E-state index < -0.39 is 28.0 Å². The number of hydrogen-bond acceptors (Lipinski definition) is 3. The van der Waals surface area contributed by atoms with Crippen molar-refractivity contribution in [2.45, 2.75) is 65.3 Å². The number of aromatic nitrogens is 2. The number of rotatable bonds is 7. The van der Waals surface area contributed by atoms with E-state index >= 15 is 4.39 Å². The highest BCUT2D eigenvalue weighted by molar-refractivity contribution is 7.90. The third-order valence-electron chi connectivity index (χ3n) is 5.79. The van der Waals surface area contributed by atoms with Crippen LogP contribution in [0, 0.1) is 18.2 Å². The van der Waals surface area contributed by atoms with E-state index in [4.69, 9.17) is 0 Å². The van der Waals surface area contributed by atoms with Gasteiger partial charge in [0.15, 0.2) is 0 Å². The molecular formula is C24H28F3N3O2S. The Kier molecular flexibility index (Phi) is 6.07. The standard InChI is InChI=1S/C24H28F3N3O2S/c1-14-7-8-28-22(23(26)27)21(14)18-10-20-17(9-19(18)25)15(12-30(20)13-24(2,3)4)11-29-33(31,32)16-5-6-16/h7-10,12,16,23,29H,5-6,11,13H2,1-4H3. The molecule has 1 N–H and O–H groups in total. The lowest BCUT2D eigenvalue weighted by atomic mass is 9.96. The Morgan fingerprint density at radius 3 is 2.55 bits per heavy atom. The lowest BCUT2D eigenvalue weighted by Gasteiger charge is -2.20. The smallest absolute Gasteiger partial charge is 0.280 e. The summed E-state index contributed by atoms with van der Waals surface area (Å²) in [5.74, 6) is -0.652. The number of halogens is 3. The minimum Gasteiger partial charge on any atom is -0.347 e. The van der Waals surface area contributed by atoms with Crippen molar-refractivity contribution >= 4 is 20.9 Å². The minimum absolute atomic E-state index is 0.0411. The predicted octanol–water partition coefficient (Wildman–Crippen LogP) is 5.72. The minimum atomic E-state index is -3.41. The van der Waals surface area contributed by atoms with Gasteiger partial charge in [-0.05, 0) is 54.5 Å². The Morgan fingerprint density at radius 2 is 1.94 bits per heavy atom. The SMILES string of the molecule is Cc1ccnc(C(F)F)c1-c1cc2c(cc1F)c(CNS(=O)(=O)C1CC1)cn2CC(C)(C)C. The Morgan fingerprint density at radius 1 is 1.24 bits per heavy atom. The fourth-order valence-electron chi connectivity index (χ4n) is 4.13. The molecule has 1 saturated carbocycles. The number of fused-ring (bicyclic) bond motifs is 1. The van der Waals surface area contributed by atoms with Crippen LogP contribution in [0.15, 0.2) is 30.6 Å². The lowest BCUT2D eigenvalue weighted by molar-refractivity contribution is 0.146. The Hall–Kier alpha value is -2.39. The van der Waals surface area contributed by atoms with E-state index in [-0.39, 0.29) is 28.3 Å². The predicted molar refractivity (Wildman–Crippen MR) is 123 cm³/mol. The first-order valence-electron chi connectivity index (χ1n) is 10.9. The molecule has 2 aromatic heterocycles. The second-order valence-electron chi connectivity index (χ2n) is 9.95. The van der Waals surface area contributed by atoms with Crippen LogP contribution in [0.2, 0.25) is 0 Å². The van der Waals surface area contributed by atoms with Gasteiger partial charge in [-0.3, -0.25) is 4.98 Å². The molecule has 33 heavy (non-hydrogen) atoms. The maximum absolute atomic E-state index is 15.3. The third kappa shape index (κ3) is 4.94. The second kappa shape index (κ2) is 8.43. The second-order valence-corrected chi connectivity index (χ2v) is 12.0. The molecule has 3 aromatic rings. The van der Waals surface area contributed by atoms with Gasteiger partial charge < -0.3 is 4.57 Å². The number of sulfonamides is 1. The van der Waals surface area contributed by atoms with Crippen molar-refractivity contribution in [1.82, 2.24) is 14.3 Å². The highest BCUT2D eigenvalue weighted by atomic mass is 32.2. The van der Waals surface area contributed by atoms with Crippen LogP contribution >= 0.6 is 0 Å². The lowest BCUT2D eigenvalue weighted by Crippen LogP contribution is -2.26. The number of aryl methyl sites for hydroxylation is 1. The largest absolute Gasteiger partial charge is 0.347 e. The van der Waals surface area contributed by atoms with Gasteiger partial charge in [-0.2, -0.15) is 0 Å². The monoisotopic (exact) mass is 479 g/mol. The molecule has 5 nitrogen and oxygen atoms in total. The zero-order chi connectivity index (χ0) is 24.1. The van der Waals surface area contributed by atoms with Gasteiger partial charge in [0, 0.05) is 47.5 Å². The molecule has 178 valence electrons. The quantitative estimate of drug-likeness (QED) is 0.472. The molecule has 2 heterocycles. The summed E-state index contributed by atoms with van der Waals surface area (Å²) in [5.41, 5.74) is 1.37. The highest BCUT2D eigenvalue weighted by Crippen LogP contribution is 2.37. The summed E-state index contributed by atoms with van der Waals surface area (Å²) in [4.78, 5) is 3.80. The number of pyridine rings is 1. The molecule has 0 atom stereocenters. The van der Waals surface area contributed by atoms with Crippen LogP contribution in [0.1, 0.15) is 56.9 Å². The molecule has 0 spiro atoms. The van der Waals surface area contributed by atoms with E-state index in [2.05, 4.69) is 30.5 Å². The molecule has 4 rings (SSSR count). The van der Waals surface area contributed by atoms with E-state index in [1.165, 1.54) is 12.3 Å². The number of nitrogens with one attached hydrogen (secondary N) is 1. The zero-order valence-corrected chi connectivity index (χ0v) is 19.9. The molecule has 0 unspecified atom stereocenters. The van der Waals surface area contributed by atoms with Crippen molar-refractivity contribution in [3.63, 3.8) is 0 Å². The Balaban J connectivity index is 1.86. The number of nitrogens with zero attached hydrogens (tertiary/aromatic N) is 2. The Bertz CT molecular complexity index is 1310. The normalized spacial score (nSPS) is 15.0. The summed E-state index contributed by atoms with van der Waals surface area (Å²) >= 11 is 0. The van der Waals surface area contributed by atoms with Crippen LogP contribution in [0.3, 0.4) is 0 Å². The van der Waals surface area contributed by atoms with Crippen LogP contribution in [0.4, 0.5) is 13.2 Å². The van der Waals surface area contributed by atoms with Crippen LogP contribution in [-0.2, 0) is 23.1 Å². The van der Waals surface area contributed by atoms with Crippen molar-refractivity contribution in [2.75, 3.05) is 0 Å². The summed E-state index contributed by atoms with van der Waals surface area (Å²) < 4.78 is 71.9. The maximum Gasteiger partial charge on any atom is 0.280 e. The third-order valence-corrected chi connectivity index (χ3v) is 7.68. The number of benzene rings is 1. The van der Waals surface area contributed by atoms with E-state index in [1.54, 1.807) is 19.1 Å². The summed E-state index contributed by atoms with van der Waals surface area (Å²) in [7, 11) is -3.41. The summed E-state index contributed by atoms with van der Waals surface area (Å²) in [6, 6.07) is 4.47. The van der Waals surface area contributed by atoms with Crippen LogP contribution < -0.4 is 4.72 Å². The van der Waals surface area contributed by atoms with Crippen molar-refractivity contribution in [2.24, 2.45) is 5.41 Å². The van der Waals surface area contributed by atoms with Gasteiger partial charge in [-0.25, -0.2) is 26.3 Å². The molecule has 1 fully saturated rings. The van der Waals surface area contributed by atoms with E-state index in [1.807, 2.05) is 10.8 Å². The van der Waals surface area contributed by atoms with Gasteiger partial charge in [0.2, 0.25) is 10.0 Å². The average Bonchev–Trinajstić information content (AvgIpc) is 3.51. The topological polar surface area (TPSA) is 64.0 Å². The van der Waals surface area contributed by atoms with Crippen molar-refractivity contribution in [3.05, 3.63) is 53.2 Å². The molecule has 1 aliphatic carbocycles. The first-order valence-corrected chi connectivity index (χ1v) is 12.5. The van der Waals surface area contributed by atoms with Crippen LogP contribution in [0.5, 0.6) is 0 Å².